The van der Waals surface area contributed by atoms with Crippen LogP contribution >= 0.6 is 0 Å². The summed E-state index contributed by atoms with van der Waals surface area (Å²) in [6, 6.07) is -0.895. The van der Waals surface area contributed by atoms with E-state index in [0.29, 0.717) is 6.42 Å². The molecule has 1 atom stereocenters. The SMILES string of the molecule is CCCCCCCCCCCC(=O)N(CCS(=O)(=O)O)C(=O)[C@H](C)N. The zero-order chi connectivity index (χ0) is 19.3. The predicted octanol–water partition coefficient (Wildman–Crippen LogP) is 2.50. The maximum atomic E-state index is 12.2. The van der Waals surface area contributed by atoms with Gasteiger partial charge in [0.1, 0.15) is 0 Å². The Kier molecular flexibility index (Phi) is 12.7. The van der Waals surface area contributed by atoms with E-state index in [-0.39, 0.29) is 13.0 Å². The molecular weight excluding hydrogens is 344 g/mol. The fourth-order valence-electron chi connectivity index (χ4n) is 2.53. The van der Waals surface area contributed by atoms with Crippen molar-refractivity contribution in [1.82, 2.24) is 4.90 Å². The molecule has 0 saturated heterocycles. The highest BCUT2D eigenvalue weighted by Gasteiger charge is 2.25. The van der Waals surface area contributed by atoms with Crippen molar-refractivity contribution in [3.8, 4) is 0 Å². The lowest BCUT2D eigenvalue weighted by atomic mass is 10.1. The van der Waals surface area contributed by atoms with Crippen LogP contribution in [0.1, 0.15) is 78.1 Å². The van der Waals surface area contributed by atoms with Crippen molar-refractivity contribution in [3.05, 3.63) is 0 Å². The quantitative estimate of drug-likeness (QED) is 0.354. The van der Waals surface area contributed by atoms with Crippen molar-refractivity contribution in [2.75, 3.05) is 12.3 Å². The molecule has 0 aliphatic heterocycles. The van der Waals surface area contributed by atoms with E-state index >= 15 is 0 Å². The Morgan fingerprint density at radius 3 is 1.92 bits per heavy atom. The lowest BCUT2D eigenvalue weighted by molar-refractivity contribution is -0.145. The van der Waals surface area contributed by atoms with Gasteiger partial charge in [0.25, 0.3) is 10.1 Å². The largest absolute Gasteiger partial charge is 0.320 e. The molecule has 0 bridgehead atoms. The first kappa shape index (κ1) is 24.0. The summed E-state index contributed by atoms with van der Waals surface area (Å²) in [5, 5.41) is 0. The molecule has 0 aromatic carbocycles. The number of hydrogen-bond acceptors (Lipinski definition) is 5. The minimum Gasteiger partial charge on any atom is -0.320 e. The van der Waals surface area contributed by atoms with Crippen LogP contribution in [0.25, 0.3) is 0 Å². The smallest absolute Gasteiger partial charge is 0.266 e. The number of nitrogens with two attached hydrogens (primary N) is 1. The number of carbonyl (C=O) groups is 2. The lowest BCUT2D eigenvalue weighted by Gasteiger charge is -2.22. The number of unbranched alkanes of at least 4 members (excludes halogenated alkanes) is 8. The molecule has 25 heavy (non-hydrogen) atoms. The minimum atomic E-state index is -4.24. The second-order valence-corrected chi connectivity index (χ2v) is 8.11. The number of rotatable bonds is 14. The molecule has 148 valence electrons. The van der Waals surface area contributed by atoms with Gasteiger partial charge in [-0.3, -0.25) is 19.0 Å². The van der Waals surface area contributed by atoms with E-state index in [9.17, 15) is 18.0 Å². The Hall–Kier alpha value is -0.990. The average Bonchev–Trinajstić information content (AvgIpc) is 2.52. The molecule has 0 aromatic rings. The summed E-state index contributed by atoms with van der Waals surface area (Å²) in [4.78, 5) is 25.0. The maximum absolute atomic E-state index is 12.2. The molecule has 3 N–H and O–H groups in total. The van der Waals surface area contributed by atoms with Crippen molar-refractivity contribution in [2.45, 2.75) is 84.1 Å². The van der Waals surface area contributed by atoms with E-state index in [0.717, 1.165) is 24.2 Å². The van der Waals surface area contributed by atoms with Gasteiger partial charge >= 0.3 is 0 Å². The molecule has 8 heteroatoms. The topological polar surface area (TPSA) is 118 Å². The summed E-state index contributed by atoms with van der Waals surface area (Å²) in [7, 11) is -4.24. The van der Waals surface area contributed by atoms with Gasteiger partial charge in [-0.25, -0.2) is 0 Å². The molecule has 7 nitrogen and oxygen atoms in total. The zero-order valence-corrected chi connectivity index (χ0v) is 16.4. The van der Waals surface area contributed by atoms with E-state index in [1.54, 1.807) is 0 Å². The van der Waals surface area contributed by atoms with E-state index < -0.39 is 33.7 Å². The van der Waals surface area contributed by atoms with Crippen molar-refractivity contribution in [3.63, 3.8) is 0 Å². The number of hydrogen-bond donors (Lipinski definition) is 2. The monoisotopic (exact) mass is 378 g/mol. The molecule has 0 aromatic heterocycles. The van der Waals surface area contributed by atoms with Gasteiger partial charge in [0.2, 0.25) is 11.8 Å². The average molecular weight is 379 g/mol. The Morgan fingerprint density at radius 1 is 1.00 bits per heavy atom. The van der Waals surface area contributed by atoms with Crippen molar-refractivity contribution >= 4 is 21.9 Å². The Labute approximate surface area is 152 Å². The Bertz CT molecular complexity index is 491. The number of imide groups is 1. The highest BCUT2D eigenvalue weighted by atomic mass is 32.2. The second-order valence-electron chi connectivity index (χ2n) is 6.54. The van der Waals surface area contributed by atoms with E-state index in [4.69, 9.17) is 10.3 Å². The van der Waals surface area contributed by atoms with Crippen LogP contribution in [-0.4, -0.2) is 48.0 Å². The fraction of sp³-hybridized carbons (Fsp3) is 0.882. The number of nitrogens with zero attached hydrogens (tertiary/aromatic N) is 1. The molecule has 0 radical (unpaired) electrons. The summed E-state index contributed by atoms with van der Waals surface area (Å²) in [5.41, 5.74) is 5.50. The Morgan fingerprint density at radius 2 is 1.48 bits per heavy atom. The molecule has 0 saturated carbocycles. The molecule has 0 fully saturated rings. The van der Waals surface area contributed by atoms with Crippen LogP contribution in [0, 0.1) is 0 Å². The maximum Gasteiger partial charge on any atom is 0.266 e. The van der Waals surface area contributed by atoms with Gasteiger partial charge in [0, 0.05) is 13.0 Å². The van der Waals surface area contributed by atoms with Gasteiger partial charge in [-0.2, -0.15) is 8.42 Å². The van der Waals surface area contributed by atoms with Crippen LogP contribution in [0.4, 0.5) is 0 Å². The molecule has 0 rings (SSSR count). The minimum absolute atomic E-state index is 0.180. The third-order valence-electron chi connectivity index (χ3n) is 4.02. The molecule has 0 heterocycles. The van der Waals surface area contributed by atoms with Crippen LogP contribution in [-0.2, 0) is 19.7 Å². The van der Waals surface area contributed by atoms with Gasteiger partial charge in [-0.15, -0.1) is 0 Å². The summed E-state index contributed by atoms with van der Waals surface area (Å²) >= 11 is 0. The van der Waals surface area contributed by atoms with E-state index in [1.165, 1.54) is 39.0 Å². The lowest BCUT2D eigenvalue weighted by Crippen LogP contribution is -2.47. The highest BCUT2D eigenvalue weighted by molar-refractivity contribution is 7.85. The van der Waals surface area contributed by atoms with Crippen LogP contribution in [0.2, 0.25) is 0 Å². The number of carbonyl (C=O) groups excluding carboxylic acids is 2. The molecule has 0 unspecified atom stereocenters. The summed E-state index contributed by atoms with van der Waals surface area (Å²) < 4.78 is 30.5. The Balaban J connectivity index is 4.15. The first-order valence-corrected chi connectivity index (χ1v) is 10.8. The summed E-state index contributed by atoms with van der Waals surface area (Å²) in [6.45, 7) is 3.26. The summed E-state index contributed by atoms with van der Waals surface area (Å²) in [6.07, 6.45) is 10.2. The standard InChI is InChI=1S/C17H34N2O5S/c1-3-4-5-6-7-8-9-10-11-12-16(20)19(17(21)15(2)18)13-14-25(22,23)24/h15H,3-14,18H2,1-2H3,(H,22,23,24)/t15-/m0/s1. The van der Waals surface area contributed by atoms with Crippen LogP contribution in [0.5, 0.6) is 0 Å². The van der Waals surface area contributed by atoms with Crippen LogP contribution < -0.4 is 5.73 Å². The van der Waals surface area contributed by atoms with Gasteiger partial charge in [0.15, 0.2) is 0 Å². The summed E-state index contributed by atoms with van der Waals surface area (Å²) in [5.74, 6) is -1.73. The van der Waals surface area contributed by atoms with Gasteiger partial charge in [-0.05, 0) is 13.3 Å². The van der Waals surface area contributed by atoms with E-state index in [1.807, 2.05) is 0 Å². The zero-order valence-electron chi connectivity index (χ0n) is 15.6. The van der Waals surface area contributed by atoms with Crippen molar-refractivity contribution < 1.29 is 22.6 Å². The number of amides is 2. The normalized spacial score (nSPS) is 12.8. The second kappa shape index (κ2) is 13.2. The van der Waals surface area contributed by atoms with Crippen LogP contribution in [0.15, 0.2) is 0 Å². The van der Waals surface area contributed by atoms with Crippen molar-refractivity contribution in [1.29, 1.82) is 0 Å². The first-order chi connectivity index (χ1) is 11.7. The molecule has 0 aliphatic carbocycles. The molecular formula is C17H34N2O5S. The molecule has 0 spiro atoms. The van der Waals surface area contributed by atoms with Gasteiger partial charge in [-0.1, -0.05) is 58.3 Å². The molecule has 2 amide bonds. The predicted molar refractivity (Wildman–Crippen MR) is 98.6 cm³/mol. The van der Waals surface area contributed by atoms with Crippen LogP contribution in [0.3, 0.4) is 0 Å². The van der Waals surface area contributed by atoms with Gasteiger partial charge < -0.3 is 5.73 Å². The third kappa shape index (κ3) is 12.9. The fourth-order valence-corrected chi connectivity index (χ4v) is 2.95. The first-order valence-electron chi connectivity index (χ1n) is 9.24. The van der Waals surface area contributed by atoms with Gasteiger partial charge in [0.05, 0.1) is 11.8 Å². The molecule has 0 aliphatic rings. The third-order valence-corrected chi connectivity index (χ3v) is 4.72. The van der Waals surface area contributed by atoms with Crippen molar-refractivity contribution in [2.24, 2.45) is 5.73 Å². The van der Waals surface area contributed by atoms with E-state index in [2.05, 4.69) is 6.92 Å². The highest BCUT2D eigenvalue weighted by Crippen LogP contribution is 2.11.